The topological polar surface area (TPSA) is 81.1 Å². The Kier molecular flexibility index (Phi) is 5.73. The zero-order valence-electron chi connectivity index (χ0n) is 12.7. The minimum absolute atomic E-state index is 0.0385. The summed E-state index contributed by atoms with van der Waals surface area (Å²) in [4.78, 5) is 11.8. The van der Waals surface area contributed by atoms with Gasteiger partial charge in [0.25, 0.3) is 5.91 Å². The number of carbonyl (C=O) groups excluding carboxylic acids is 1. The second-order valence-corrected chi connectivity index (χ2v) is 6.34. The fraction of sp³-hybridized carbons (Fsp3) is 0.923. The zero-order chi connectivity index (χ0) is 14.5. The van der Waals surface area contributed by atoms with Gasteiger partial charge >= 0.3 is 0 Å². The fourth-order valence-corrected chi connectivity index (χ4v) is 2.43. The normalized spacial score (nSPS) is 31.5. The van der Waals surface area contributed by atoms with Crippen LogP contribution in [0.3, 0.4) is 0 Å². The van der Waals surface area contributed by atoms with Crippen molar-refractivity contribution in [3.8, 4) is 0 Å². The molecule has 6 heteroatoms. The lowest BCUT2D eigenvalue weighted by molar-refractivity contribution is -1.03. The molecule has 112 valence electrons. The van der Waals surface area contributed by atoms with Crippen molar-refractivity contribution in [2.75, 3.05) is 52.9 Å². The summed E-state index contributed by atoms with van der Waals surface area (Å²) in [7, 11) is 2.27. The van der Waals surface area contributed by atoms with Gasteiger partial charge in [-0.15, -0.1) is 0 Å². The smallest absolute Gasteiger partial charge is 0.277 e. The second kappa shape index (κ2) is 6.65. The van der Waals surface area contributed by atoms with E-state index in [1.807, 2.05) is 0 Å². The molecule has 0 spiro atoms. The standard InChI is InChI=1S/C13H30N5O/c1-12(2)17(3)7-9-18(15,10-8-17)11-13(19)16-6-4-5-14/h12H,4-11,14-15H2,1-3H3/q+1/p+1. The number of likely N-dealkylation sites (N-methyl/N-ethyl adjacent to an activating group) is 1. The molecule has 1 saturated heterocycles. The summed E-state index contributed by atoms with van der Waals surface area (Å²) in [6.45, 7) is 9.91. The summed E-state index contributed by atoms with van der Waals surface area (Å²) in [5.74, 6) is 6.37. The van der Waals surface area contributed by atoms with Crippen LogP contribution in [0.25, 0.3) is 0 Å². The van der Waals surface area contributed by atoms with Crippen molar-refractivity contribution in [3.63, 3.8) is 0 Å². The van der Waals surface area contributed by atoms with Crippen LogP contribution < -0.4 is 16.9 Å². The highest BCUT2D eigenvalue weighted by Gasteiger charge is 2.40. The minimum atomic E-state index is 0.0385. The summed E-state index contributed by atoms with van der Waals surface area (Å²) in [5, 5.41) is 2.88. The summed E-state index contributed by atoms with van der Waals surface area (Å²) >= 11 is 0. The van der Waals surface area contributed by atoms with E-state index in [1.165, 1.54) is 0 Å². The molecule has 0 atom stereocenters. The number of hydrogen-bond donors (Lipinski definition) is 3. The van der Waals surface area contributed by atoms with Crippen LogP contribution in [0.5, 0.6) is 0 Å². The van der Waals surface area contributed by atoms with Crippen LogP contribution in [-0.4, -0.2) is 73.9 Å². The first-order valence-electron chi connectivity index (χ1n) is 7.27. The van der Waals surface area contributed by atoms with Crippen LogP contribution in [0.4, 0.5) is 0 Å². The molecular weight excluding hydrogens is 242 g/mol. The Morgan fingerprint density at radius 1 is 1.26 bits per heavy atom. The first-order chi connectivity index (χ1) is 8.81. The van der Waals surface area contributed by atoms with Crippen molar-refractivity contribution in [1.29, 1.82) is 0 Å². The van der Waals surface area contributed by atoms with Crippen LogP contribution in [0.2, 0.25) is 0 Å². The van der Waals surface area contributed by atoms with Gasteiger partial charge in [0.15, 0.2) is 6.54 Å². The van der Waals surface area contributed by atoms with Crippen molar-refractivity contribution in [2.24, 2.45) is 11.6 Å². The largest absolute Gasteiger partial charge is 0.351 e. The molecule has 1 heterocycles. The fourth-order valence-electron chi connectivity index (χ4n) is 2.43. The second-order valence-electron chi connectivity index (χ2n) is 6.34. The maximum atomic E-state index is 11.8. The van der Waals surface area contributed by atoms with Gasteiger partial charge < -0.3 is 15.5 Å². The summed E-state index contributed by atoms with van der Waals surface area (Å²) in [6.07, 6.45) is 0.818. The summed E-state index contributed by atoms with van der Waals surface area (Å²) in [6, 6.07) is 0.604. The van der Waals surface area contributed by atoms with E-state index >= 15 is 0 Å². The van der Waals surface area contributed by atoms with E-state index in [0.29, 0.717) is 30.3 Å². The lowest BCUT2D eigenvalue weighted by Gasteiger charge is -2.47. The van der Waals surface area contributed by atoms with Crippen LogP contribution >= 0.6 is 0 Å². The third-order valence-corrected chi connectivity index (χ3v) is 4.52. The first kappa shape index (κ1) is 16.4. The molecule has 0 aromatic rings. The van der Waals surface area contributed by atoms with Gasteiger partial charge in [-0.2, -0.15) is 5.84 Å². The molecule has 1 amide bonds. The van der Waals surface area contributed by atoms with Crippen LogP contribution in [0, 0.1) is 0 Å². The lowest BCUT2D eigenvalue weighted by atomic mass is 10.2. The third-order valence-electron chi connectivity index (χ3n) is 4.52. The summed E-state index contributed by atoms with van der Waals surface area (Å²) in [5.41, 5.74) is 5.40. The monoisotopic (exact) mass is 273 g/mol. The van der Waals surface area contributed by atoms with Crippen LogP contribution in [-0.2, 0) is 4.79 Å². The maximum absolute atomic E-state index is 11.8. The predicted molar refractivity (Wildman–Crippen MR) is 76.8 cm³/mol. The van der Waals surface area contributed by atoms with Gasteiger partial charge in [0, 0.05) is 6.54 Å². The van der Waals surface area contributed by atoms with Crippen molar-refractivity contribution >= 4 is 5.91 Å². The van der Waals surface area contributed by atoms with E-state index in [-0.39, 0.29) is 5.91 Å². The number of amides is 1. The van der Waals surface area contributed by atoms with E-state index in [4.69, 9.17) is 11.6 Å². The quantitative estimate of drug-likeness (QED) is 0.330. The molecule has 1 aliphatic heterocycles. The van der Waals surface area contributed by atoms with Crippen molar-refractivity contribution in [2.45, 2.75) is 26.3 Å². The number of piperazine rings is 1. The molecule has 6 nitrogen and oxygen atoms in total. The van der Waals surface area contributed by atoms with Crippen LogP contribution in [0.15, 0.2) is 0 Å². The minimum Gasteiger partial charge on any atom is -0.351 e. The zero-order valence-corrected chi connectivity index (χ0v) is 12.7. The Hall–Kier alpha value is -0.690. The molecule has 5 N–H and O–H groups in total. The molecule has 1 aliphatic rings. The van der Waals surface area contributed by atoms with E-state index in [9.17, 15) is 4.79 Å². The molecule has 0 aliphatic carbocycles. The maximum Gasteiger partial charge on any atom is 0.277 e. The van der Waals surface area contributed by atoms with E-state index in [2.05, 4.69) is 26.2 Å². The van der Waals surface area contributed by atoms with Gasteiger partial charge in [-0.3, -0.25) is 4.79 Å². The number of quaternary nitrogens is 2. The molecule has 0 aromatic carbocycles. The Bertz CT molecular complexity index is 297. The number of carbonyl (C=O) groups is 1. The highest BCUT2D eigenvalue weighted by atomic mass is 16.2. The summed E-state index contributed by atoms with van der Waals surface area (Å²) < 4.78 is 1.42. The number of hydrogen-bond acceptors (Lipinski definition) is 3. The molecule has 0 unspecified atom stereocenters. The Morgan fingerprint density at radius 2 is 1.84 bits per heavy atom. The van der Waals surface area contributed by atoms with E-state index in [0.717, 1.165) is 37.1 Å². The molecule has 0 aromatic heterocycles. The number of nitrogens with zero attached hydrogens (tertiary/aromatic N) is 2. The lowest BCUT2D eigenvalue weighted by Crippen LogP contribution is -2.71. The number of nitrogens with two attached hydrogens (primary N) is 2. The highest BCUT2D eigenvalue weighted by Crippen LogP contribution is 2.17. The molecule has 1 fully saturated rings. The van der Waals surface area contributed by atoms with Gasteiger partial charge in [0.1, 0.15) is 26.2 Å². The van der Waals surface area contributed by atoms with Gasteiger partial charge in [-0.25, -0.2) is 4.59 Å². The Labute approximate surface area is 116 Å². The number of nitrogens with one attached hydrogen (secondary N) is 1. The van der Waals surface area contributed by atoms with Gasteiger partial charge in [-0.1, -0.05) is 0 Å². The van der Waals surface area contributed by atoms with E-state index < -0.39 is 0 Å². The van der Waals surface area contributed by atoms with Crippen molar-refractivity contribution in [1.82, 2.24) is 5.32 Å². The average molecular weight is 273 g/mol. The molecule has 0 bridgehead atoms. The SMILES string of the molecule is CC(C)[N+]1(C)CC[N+](N)(CC(=O)NCCCN)CC1. The number of rotatable bonds is 6. The van der Waals surface area contributed by atoms with Crippen molar-refractivity contribution < 1.29 is 13.9 Å². The van der Waals surface area contributed by atoms with Crippen LogP contribution in [0.1, 0.15) is 20.3 Å². The van der Waals surface area contributed by atoms with Crippen molar-refractivity contribution in [3.05, 3.63) is 0 Å². The Balaban J connectivity index is 2.41. The average Bonchev–Trinajstić information content (AvgIpc) is 2.33. The molecule has 0 radical (unpaired) electrons. The molecule has 0 saturated carbocycles. The van der Waals surface area contributed by atoms with Gasteiger partial charge in [-0.05, 0) is 26.8 Å². The molecular formula is C13H31N5O+2. The molecule has 19 heavy (non-hydrogen) atoms. The first-order valence-corrected chi connectivity index (χ1v) is 7.27. The Morgan fingerprint density at radius 3 is 2.32 bits per heavy atom. The molecule has 1 rings (SSSR count). The highest BCUT2D eigenvalue weighted by molar-refractivity contribution is 5.77. The van der Waals surface area contributed by atoms with E-state index in [1.54, 1.807) is 0 Å². The predicted octanol–water partition coefficient (Wildman–Crippen LogP) is -0.989. The van der Waals surface area contributed by atoms with Gasteiger partial charge in [0.2, 0.25) is 0 Å². The van der Waals surface area contributed by atoms with Gasteiger partial charge in [0.05, 0.1) is 13.1 Å². The third kappa shape index (κ3) is 4.72.